The van der Waals surface area contributed by atoms with Crippen LogP contribution < -0.4 is 9.47 Å². The largest absolute Gasteiger partial charge is 0.489 e. The summed E-state index contributed by atoms with van der Waals surface area (Å²) in [5.74, 6) is 17.4. The zero-order chi connectivity index (χ0) is 83.4. The first-order valence-corrected chi connectivity index (χ1v) is 40.8. The van der Waals surface area contributed by atoms with E-state index in [1.165, 1.54) is 11.1 Å². The van der Waals surface area contributed by atoms with Gasteiger partial charge in [0.15, 0.2) is 0 Å². The number of aromatic amines is 2. The molecule has 0 saturated carbocycles. The van der Waals surface area contributed by atoms with Gasteiger partial charge in [-0.2, -0.15) is 0 Å². The summed E-state index contributed by atoms with van der Waals surface area (Å²) in [5.41, 5.74) is 33.3. The Balaban J connectivity index is 0.801. The summed E-state index contributed by atoms with van der Waals surface area (Å²) in [5, 5.41) is 0. The van der Waals surface area contributed by atoms with Gasteiger partial charge in [0.1, 0.15) is 24.7 Å². The molecule has 0 unspecified atom stereocenters. The molecule has 582 valence electrons. The van der Waals surface area contributed by atoms with Gasteiger partial charge < -0.3 is 19.4 Å². The van der Waals surface area contributed by atoms with Gasteiger partial charge in [-0.25, -0.2) is 15.0 Å². The summed E-state index contributed by atoms with van der Waals surface area (Å²) in [4.78, 5) is 33.5. The average molecular weight is 1570 g/mol. The van der Waals surface area contributed by atoms with Crippen molar-refractivity contribution in [1.82, 2.24) is 34.9 Å². The SMILES string of the molecule is C#Cc1ccc(-c2c3nc(c(-c4ccc(C#C)cc4)c4ccc([nH]4)c(-c4ccc(-c5cc(-c6ccc(OCc7ccc(C(C)(C)C)cc7)cc6)c(C#Cc6ccc(-c7cc(-c8ccccn8)nc(-c8ccccn8)c7)cc6)c(-c6ccc(OCc7ccc(C(C)(C)C)cc7)cc6)c5)cc4)c4nc(c(-c5ccc(C#C)cc5)c5ccc2[nH]5)C=C4)C=C3)cc1. The molecule has 2 N–H and O–H groups in total. The molecule has 0 aliphatic carbocycles. The highest BCUT2D eigenvalue weighted by Gasteiger charge is 2.24. The molecule has 8 heterocycles. The molecule has 2 aliphatic heterocycles. The highest BCUT2D eigenvalue weighted by molar-refractivity contribution is 6.01. The molecular formula is C113H83N7O2. The van der Waals surface area contributed by atoms with Crippen LogP contribution in [0.2, 0.25) is 0 Å². The lowest BCUT2D eigenvalue weighted by molar-refractivity contribution is 0.306. The van der Waals surface area contributed by atoms with Crippen LogP contribution >= 0.6 is 0 Å². The fourth-order valence-electron chi connectivity index (χ4n) is 15.7. The van der Waals surface area contributed by atoms with Crippen molar-refractivity contribution in [3.05, 3.63) is 389 Å². The summed E-state index contributed by atoms with van der Waals surface area (Å²) in [6.07, 6.45) is 29.9. The van der Waals surface area contributed by atoms with Crippen LogP contribution in [0.4, 0.5) is 0 Å². The number of fused-ring (bicyclic) bond motifs is 8. The van der Waals surface area contributed by atoms with Gasteiger partial charge in [-0.15, -0.1) is 19.3 Å². The minimum Gasteiger partial charge on any atom is -0.489 e. The molecule has 0 radical (unpaired) electrons. The van der Waals surface area contributed by atoms with Crippen molar-refractivity contribution in [2.45, 2.75) is 65.6 Å². The van der Waals surface area contributed by atoms with Gasteiger partial charge in [0.25, 0.3) is 0 Å². The Kier molecular flexibility index (Phi) is 21.1. The number of benzene rings is 10. The van der Waals surface area contributed by atoms with Crippen molar-refractivity contribution in [3.63, 3.8) is 0 Å². The third-order valence-corrected chi connectivity index (χ3v) is 22.4. The van der Waals surface area contributed by atoms with Gasteiger partial charge in [-0.3, -0.25) is 9.97 Å². The molecule has 0 atom stereocenters. The van der Waals surface area contributed by atoms with E-state index >= 15 is 0 Å². The van der Waals surface area contributed by atoms with Crippen LogP contribution in [0.5, 0.6) is 11.5 Å². The van der Waals surface area contributed by atoms with Gasteiger partial charge >= 0.3 is 0 Å². The molecule has 18 rings (SSSR count). The maximum atomic E-state index is 6.56. The number of H-pyrrole nitrogens is 2. The lowest BCUT2D eigenvalue weighted by Gasteiger charge is -2.19. The molecule has 122 heavy (non-hydrogen) atoms. The topological polar surface area (TPSA) is 114 Å². The Bertz CT molecular complexity index is 6880. The van der Waals surface area contributed by atoms with Crippen molar-refractivity contribution in [2.24, 2.45) is 0 Å². The van der Waals surface area contributed by atoms with Crippen molar-refractivity contribution < 1.29 is 9.47 Å². The van der Waals surface area contributed by atoms with Crippen LogP contribution in [-0.2, 0) is 24.0 Å². The first-order chi connectivity index (χ1) is 59.5. The molecule has 6 aromatic heterocycles. The maximum Gasteiger partial charge on any atom is 0.119 e. The minimum absolute atomic E-state index is 0.0329. The van der Waals surface area contributed by atoms with E-state index in [1.54, 1.807) is 12.4 Å². The van der Waals surface area contributed by atoms with Crippen LogP contribution in [0, 0.1) is 48.9 Å². The molecule has 0 spiro atoms. The van der Waals surface area contributed by atoms with Crippen molar-refractivity contribution in [1.29, 1.82) is 0 Å². The standard InChI is InChI=1S/C113H83N7O2/c1-10-73-19-34-83(35-20-73)108-98-57-59-100(116-98)109(84-36-21-74(11-2)22-37-84)102-61-63-104(118-102)111(105-64-62-103(119-105)110(101-60-58-99(108)117-101)85-38-23-75(12-3)24-39-85)86-42-40-80(41-43-86)87-67-94(81-44-52-91(53-45-81)121-71-77-27-48-89(49-28-77)112(4,5)6)93(95(68-87)82-46-54-92(55-47-82)122-72-78-29-50-90(51-30-78)113(7,8)9)56-31-76-25-32-79(33-26-76)88-69-106(96-17-13-15-65-114-96)120-107(70-88)97-18-14-16-66-115-97/h1-3,13-30,32-55,57-70,116,119H,71-72H2,4-9H3. The summed E-state index contributed by atoms with van der Waals surface area (Å²) >= 11 is 0. The maximum absolute atomic E-state index is 6.56. The first-order valence-electron chi connectivity index (χ1n) is 40.8. The molecule has 8 bridgehead atoms. The lowest BCUT2D eigenvalue weighted by Crippen LogP contribution is -2.10. The van der Waals surface area contributed by atoms with Gasteiger partial charge in [0.2, 0.25) is 0 Å². The number of pyridine rings is 3. The van der Waals surface area contributed by atoms with E-state index in [1.807, 2.05) is 72.8 Å². The molecule has 2 aliphatic rings. The van der Waals surface area contributed by atoms with E-state index in [4.69, 9.17) is 43.7 Å². The summed E-state index contributed by atoms with van der Waals surface area (Å²) in [7, 11) is 0. The molecule has 9 nitrogen and oxygen atoms in total. The molecule has 10 aromatic carbocycles. The van der Waals surface area contributed by atoms with Crippen molar-refractivity contribution >= 4 is 46.4 Å². The summed E-state index contributed by atoms with van der Waals surface area (Å²) < 4.78 is 13.1. The van der Waals surface area contributed by atoms with Crippen LogP contribution in [0.25, 0.3) is 158 Å². The fraction of sp³-hybridized carbons (Fsp3) is 0.0885. The molecule has 0 saturated heterocycles. The van der Waals surface area contributed by atoms with Crippen LogP contribution in [0.1, 0.15) is 114 Å². The number of rotatable bonds is 16. The van der Waals surface area contributed by atoms with Crippen molar-refractivity contribution in [3.8, 4) is 172 Å². The fourth-order valence-corrected chi connectivity index (χ4v) is 15.7. The van der Waals surface area contributed by atoms with Gasteiger partial charge in [0, 0.05) is 84.5 Å². The van der Waals surface area contributed by atoms with Gasteiger partial charge in [-0.05, 0) is 270 Å². The lowest BCUT2D eigenvalue weighted by atomic mass is 9.87. The molecular weight excluding hydrogens is 1490 g/mol. The number of nitrogens with zero attached hydrogens (tertiary/aromatic N) is 5. The second-order valence-corrected chi connectivity index (χ2v) is 32.6. The van der Waals surface area contributed by atoms with E-state index in [0.717, 1.165) is 207 Å². The predicted molar refractivity (Wildman–Crippen MR) is 502 cm³/mol. The second-order valence-electron chi connectivity index (χ2n) is 32.6. The minimum atomic E-state index is 0.0329. The monoisotopic (exact) mass is 1570 g/mol. The van der Waals surface area contributed by atoms with E-state index in [9.17, 15) is 0 Å². The van der Waals surface area contributed by atoms with E-state index in [2.05, 4.69) is 346 Å². The molecule has 0 amide bonds. The molecule has 16 aromatic rings. The number of hydrogen-bond acceptors (Lipinski definition) is 7. The first kappa shape index (κ1) is 77.3. The Morgan fingerprint density at radius 3 is 0.951 bits per heavy atom. The Morgan fingerprint density at radius 1 is 0.295 bits per heavy atom. The van der Waals surface area contributed by atoms with Crippen LogP contribution in [-0.4, -0.2) is 34.9 Å². The highest BCUT2D eigenvalue weighted by atomic mass is 16.5. The quantitative estimate of drug-likeness (QED) is 0.0926. The van der Waals surface area contributed by atoms with E-state index < -0.39 is 0 Å². The van der Waals surface area contributed by atoms with Crippen molar-refractivity contribution in [2.75, 3.05) is 0 Å². The molecule has 9 heteroatoms. The predicted octanol–water partition coefficient (Wildman–Crippen LogP) is 26.6. The number of nitrogens with one attached hydrogen (secondary N) is 2. The van der Waals surface area contributed by atoms with Gasteiger partial charge in [-0.1, -0.05) is 229 Å². The highest BCUT2D eigenvalue weighted by Crippen LogP contribution is 2.44. The zero-order valence-electron chi connectivity index (χ0n) is 68.5. The third kappa shape index (κ3) is 16.5. The normalized spacial score (nSPS) is 11.6. The Labute approximate surface area is 712 Å². The number of hydrogen-bond donors (Lipinski definition) is 2. The Hall–Kier alpha value is -15.9. The smallest absolute Gasteiger partial charge is 0.119 e. The van der Waals surface area contributed by atoms with E-state index in [0.29, 0.717) is 13.2 Å². The number of aromatic nitrogens is 7. The third-order valence-electron chi connectivity index (χ3n) is 22.4. The van der Waals surface area contributed by atoms with Crippen LogP contribution in [0.3, 0.4) is 0 Å². The van der Waals surface area contributed by atoms with Crippen LogP contribution in [0.15, 0.2) is 316 Å². The van der Waals surface area contributed by atoms with E-state index in [-0.39, 0.29) is 10.8 Å². The second kappa shape index (κ2) is 33.2. The number of ether oxygens (including phenoxy) is 2. The summed E-state index contributed by atoms with van der Waals surface area (Å²) in [6.45, 7) is 14.2. The Morgan fingerprint density at radius 2 is 0.615 bits per heavy atom. The number of terminal acetylenes is 3. The summed E-state index contributed by atoms with van der Waals surface area (Å²) in [6, 6.07) is 105. The zero-order valence-corrected chi connectivity index (χ0v) is 68.5. The molecule has 0 fully saturated rings. The average Bonchev–Trinajstić information content (AvgIpc) is 1.56. The van der Waals surface area contributed by atoms with Gasteiger partial charge in [0.05, 0.1) is 45.6 Å².